The largest absolute Gasteiger partial charge is 0.455 e. The molecule has 55 heavy (non-hydrogen) atoms. The number of hydrogen-bond acceptors (Lipinski definition) is 3. The molecule has 0 N–H and O–H groups in total. The molecule has 0 radical (unpaired) electrons. The van der Waals surface area contributed by atoms with E-state index in [0.717, 1.165) is 55.5 Å². The van der Waals surface area contributed by atoms with Crippen molar-refractivity contribution in [2.45, 2.75) is 5.41 Å². The fourth-order valence-electron chi connectivity index (χ4n) is 9.00. The van der Waals surface area contributed by atoms with Gasteiger partial charge < -0.3 is 4.42 Å². The maximum Gasteiger partial charge on any atom is 0.149 e. The zero-order chi connectivity index (χ0) is 36.3. The lowest BCUT2D eigenvalue weighted by Crippen LogP contribution is -2.28. The normalized spacial score (nSPS) is 12.9. The standard InChI is InChI=1S/C52H34N2O/c1-4-14-35(15-5-1)36-24-27-40(28-25-36)54(51-49-45-30-26-37-16-10-11-21-42(37)50(45)55-48(49)32-33-53-51)41-29-31-44-43-22-12-13-23-46(43)52(47(44)34-41,38-17-6-2-7-18-38)39-19-8-3-9-20-39/h1-34H. The van der Waals surface area contributed by atoms with Crippen molar-refractivity contribution in [2.75, 3.05) is 4.90 Å². The van der Waals surface area contributed by atoms with Gasteiger partial charge in [0.15, 0.2) is 0 Å². The molecule has 2 aromatic heterocycles. The first-order chi connectivity index (χ1) is 27.3. The third-order valence-electron chi connectivity index (χ3n) is 11.4. The van der Waals surface area contributed by atoms with E-state index >= 15 is 0 Å². The van der Waals surface area contributed by atoms with Crippen LogP contribution >= 0.6 is 0 Å². The lowest BCUT2D eigenvalue weighted by molar-refractivity contribution is 0.672. The highest BCUT2D eigenvalue weighted by Gasteiger charge is 2.46. The van der Waals surface area contributed by atoms with Gasteiger partial charge in [0.05, 0.1) is 10.8 Å². The summed E-state index contributed by atoms with van der Waals surface area (Å²) in [4.78, 5) is 7.51. The number of benzene rings is 8. The Labute approximate surface area is 319 Å². The molecule has 0 bridgehead atoms. The summed E-state index contributed by atoms with van der Waals surface area (Å²) in [7, 11) is 0. The van der Waals surface area contributed by atoms with Crippen LogP contribution in [0.25, 0.3) is 55.0 Å². The number of fused-ring (bicyclic) bond motifs is 8. The van der Waals surface area contributed by atoms with E-state index in [2.05, 4.69) is 199 Å². The molecule has 3 heteroatoms. The number of hydrogen-bond donors (Lipinski definition) is 0. The minimum Gasteiger partial charge on any atom is -0.455 e. The van der Waals surface area contributed by atoms with Crippen molar-refractivity contribution in [3.63, 3.8) is 0 Å². The first-order valence-corrected chi connectivity index (χ1v) is 18.8. The Bertz CT molecular complexity index is 2980. The second kappa shape index (κ2) is 12.4. The van der Waals surface area contributed by atoms with E-state index in [1.54, 1.807) is 0 Å². The molecule has 0 amide bonds. The Hall–Kier alpha value is -7.23. The number of pyridine rings is 1. The predicted octanol–water partition coefficient (Wildman–Crippen LogP) is 13.6. The first-order valence-electron chi connectivity index (χ1n) is 18.8. The van der Waals surface area contributed by atoms with Gasteiger partial charge in [-0.05, 0) is 86.3 Å². The van der Waals surface area contributed by atoms with Gasteiger partial charge in [-0.3, -0.25) is 4.90 Å². The van der Waals surface area contributed by atoms with Crippen molar-refractivity contribution >= 4 is 49.9 Å². The molecule has 3 nitrogen and oxygen atoms in total. The van der Waals surface area contributed by atoms with Gasteiger partial charge in [0.1, 0.15) is 17.0 Å². The highest BCUT2D eigenvalue weighted by atomic mass is 16.3. The molecule has 0 spiro atoms. The van der Waals surface area contributed by atoms with Gasteiger partial charge in [-0.25, -0.2) is 4.98 Å². The molecule has 0 saturated carbocycles. The second-order valence-electron chi connectivity index (χ2n) is 14.3. The average Bonchev–Trinajstić information content (AvgIpc) is 3.80. The fraction of sp³-hybridized carbons (Fsp3) is 0.0192. The van der Waals surface area contributed by atoms with E-state index in [0.29, 0.717) is 0 Å². The first kappa shape index (κ1) is 31.3. The van der Waals surface area contributed by atoms with Crippen molar-refractivity contribution in [1.82, 2.24) is 4.98 Å². The van der Waals surface area contributed by atoms with Crippen LogP contribution in [-0.2, 0) is 5.41 Å². The molecule has 0 fully saturated rings. The molecule has 0 aliphatic heterocycles. The van der Waals surface area contributed by atoms with Crippen molar-refractivity contribution in [1.29, 1.82) is 0 Å². The lowest BCUT2D eigenvalue weighted by atomic mass is 9.67. The van der Waals surface area contributed by atoms with Crippen molar-refractivity contribution in [3.8, 4) is 22.3 Å². The quantitative estimate of drug-likeness (QED) is 0.173. The van der Waals surface area contributed by atoms with Crippen LogP contribution in [0.2, 0.25) is 0 Å². The number of aromatic nitrogens is 1. The molecule has 0 unspecified atom stereocenters. The zero-order valence-electron chi connectivity index (χ0n) is 29.9. The average molecular weight is 703 g/mol. The number of anilines is 3. The molecule has 0 atom stereocenters. The third-order valence-corrected chi connectivity index (χ3v) is 11.4. The van der Waals surface area contributed by atoms with Gasteiger partial charge >= 0.3 is 0 Å². The van der Waals surface area contributed by atoms with Gasteiger partial charge in [0.2, 0.25) is 0 Å². The molecule has 258 valence electrons. The topological polar surface area (TPSA) is 29.3 Å². The van der Waals surface area contributed by atoms with Crippen LogP contribution in [0.15, 0.2) is 211 Å². The minimum absolute atomic E-state index is 0.534. The van der Waals surface area contributed by atoms with Gasteiger partial charge in [-0.1, -0.05) is 164 Å². The zero-order valence-corrected chi connectivity index (χ0v) is 29.9. The molecule has 1 aliphatic rings. The summed E-state index contributed by atoms with van der Waals surface area (Å²) in [6, 6.07) is 71.9. The molecule has 0 saturated heterocycles. The van der Waals surface area contributed by atoms with Gasteiger partial charge in [-0.15, -0.1) is 0 Å². The number of nitrogens with zero attached hydrogens (tertiary/aromatic N) is 2. The van der Waals surface area contributed by atoms with Crippen LogP contribution in [0, 0.1) is 0 Å². The van der Waals surface area contributed by atoms with Gasteiger partial charge in [0.25, 0.3) is 0 Å². The van der Waals surface area contributed by atoms with E-state index in [1.807, 2.05) is 12.3 Å². The van der Waals surface area contributed by atoms with Crippen LogP contribution in [0.4, 0.5) is 17.2 Å². The SMILES string of the molecule is c1ccc(-c2ccc(N(c3ccc4c(c3)C(c3ccccc3)(c3ccccc3)c3ccccc3-4)c3nccc4oc5c6ccccc6ccc5c34)cc2)cc1. The van der Waals surface area contributed by atoms with E-state index in [1.165, 1.54) is 38.9 Å². The van der Waals surface area contributed by atoms with Crippen LogP contribution in [0.1, 0.15) is 22.3 Å². The molecule has 10 aromatic rings. The summed E-state index contributed by atoms with van der Waals surface area (Å²) in [5.74, 6) is 0.819. The Balaban J connectivity index is 1.20. The molecular formula is C52H34N2O. The Kier molecular flexibility index (Phi) is 7.08. The monoisotopic (exact) mass is 702 g/mol. The van der Waals surface area contributed by atoms with Crippen molar-refractivity contribution in [3.05, 3.63) is 229 Å². The maximum absolute atomic E-state index is 6.70. The predicted molar refractivity (Wildman–Crippen MR) is 226 cm³/mol. The second-order valence-corrected chi connectivity index (χ2v) is 14.3. The fourth-order valence-corrected chi connectivity index (χ4v) is 9.00. The minimum atomic E-state index is -0.534. The summed E-state index contributed by atoms with van der Waals surface area (Å²) >= 11 is 0. The van der Waals surface area contributed by atoms with E-state index in [-0.39, 0.29) is 0 Å². The molecule has 8 aromatic carbocycles. The molecule has 1 aliphatic carbocycles. The Morgan fingerprint density at radius 2 is 1.07 bits per heavy atom. The van der Waals surface area contributed by atoms with Crippen molar-refractivity contribution in [2.24, 2.45) is 0 Å². The third kappa shape index (κ3) is 4.73. The Morgan fingerprint density at radius 1 is 0.455 bits per heavy atom. The van der Waals surface area contributed by atoms with Crippen LogP contribution < -0.4 is 4.90 Å². The van der Waals surface area contributed by atoms with Gasteiger partial charge in [-0.2, -0.15) is 0 Å². The smallest absolute Gasteiger partial charge is 0.149 e. The summed E-state index contributed by atoms with van der Waals surface area (Å²) in [6.45, 7) is 0. The van der Waals surface area contributed by atoms with Crippen LogP contribution in [-0.4, -0.2) is 4.98 Å². The highest BCUT2D eigenvalue weighted by Crippen LogP contribution is 2.57. The van der Waals surface area contributed by atoms with Gasteiger partial charge in [0, 0.05) is 28.3 Å². The summed E-state index contributed by atoms with van der Waals surface area (Å²) in [5, 5.41) is 4.26. The lowest BCUT2D eigenvalue weighted by Gasteiger charge is -2.34. The van der Waals surface area contributed by atoms with Crippen LogP contribution in [0.5, 0.6) is 0 Å². The maximum atomic E-state index is 6.70. The molecule has 2 heterocycles. The number of rotatable bonds is 6. The highest BCUT2D eigenvalue weighted by molar-refractivity contribution is 6.19. The summed E-state index contributed by atoms with van der Waals surface area (Å²) in [6.07, 6.45) is 1.87. The number of furan rings is 1. The summed E-state index contributed by atoms with van der Waals surface area (Å²) in [5.41, 5.74) is 13.0. The Morgan fingerprint density at radius 3 is 1.84 bits per heavy atom. The summed E-state index contributed by atoms with van der Waals surface area (Å²) < 4.78 is 6.70. The molecule has 11 rings (SSSR count). The van der Waals surface area contributed by atoms with Crippen molar-refractivity contribution < 1.29 is 4.42 Å². The van der Waals surface area contributed by atoms with E-state index in [9.17, 15) is 0 Å². The van der Waals surface area contributed by atoms with E-state index in [4.69, 9.17) is 9.40 Å². The van der Waals surface area contributed by atoms with E-state index < -0.39 is 5.41 Å². The molecular weight excluding hydrogens is 669 g/mol. The van der Waals surface area contributed by atoms with Crippen LogP contribution in [0.3, 0.4) is 0 Å².